The number of pyridine rings is 1. The van der Waals surface area contributed by atoms with E-state index in [-0.39, 0.29) is 11.7 Å². The number of halogens is 2. The van der Waals surface area contributed by atoms with Gasteiger partial charge in [0.15, 0.2) is 16.7 Å². The average Bonchev–Trinajstić information content (AvgIpc) is 2.91. The Labute approximate surface area is 148 Å². The van der Waals surface area contributed by atoms with Crippen LogP contribution in [0.3, 0.4) is 0 Å². The van der Waals surface area contributed by atoms with Gasteiger partial charge >= 0.3 is 0 Å². The number of nitrogens with one attached hydrogen (secondary N) is 2. The molecule has 118 valence electrons. The lowest BCUT2D eigenvalue weighted by Crippen LogP contribution is -2.14. The SMILES string of the molecule is O=C(CSc1nc2cnc(I)cc2[nH]1)Nc1ccc(F)c(O)c1. The van der Waals surface area contributed by atoms with E-state index in [2.05, 4.69) is 42.9 Å². The topological polar surface area (TPSA) is 90.9 Å². The molecule has 3 aromatic rings. The lowest BCUT2D eigenvalue weighted by Gasteiger charge is -2.05. The van der Waals surface area contributed by atoms with Crippen LogP contribution in [-0.2, 0) is 4.79 Å². The third-order valence-electron chi connectivity index (χ3n) is 2.88. The Hall–Kier alpha value is -1.88. The van der Waals surface area contributed by atoms with Gasteiger partial charge in [-0.25, -0.2) is 14.4 Å². The van der Waals surface area contributed by atoms with Crippen LogP contribution in [0.5, 0.6) is 5.75 Å². The number of thioether (sulfide) groups is 1. The maximum Gasteiger partial charge on any atom is 0.234 e. The van der Waals surface area contributed by atoms with Crippen molar-refractivity contribution in [2.75, 3.05) is 11.1 Å². The highest BCUT2D eigenvalue weighted by atomic mass is 127. The van der Waals surface area contributed by atoms with Crippen molar-refractivity contribution in [3.8, 4) is 5.75 Å². The first-order valence-electron chi connectivity index (χ1n) is 6.44. The largest absolute Gasteiger partial charge is 0.505 e. The van der Waals surface area contributed by atoms with E-state index >= 15 is 0 Å². The Morgan fingerprint density at radius 3 is 3.04 bits per heavy atom. The standard InChI is InChI=1S/C14H10FIN4O2S/c15-8-2-1-7(3-11(8)21)18-13(22)6-23-14-19-9-4-12(16)17-5-10(9)20-14/h1-5,21H,6H2,(H,18,22)(H,19,20). The zero-order valence-electron chi connectivity index (χ0n) is 11.5. The summed E-state index contributed by atoms with van der Waals surface area (Å²) in [5.74, 6) is -1.39. The Morgan fingerprint density at radius 1 is 1.43 bits per heavy atom. The summed E-state index contributed by atoms with van der Waals surface area (Å²) in [6.45, 7) is 0. The maximum atomic E-state index is 13.0. The fourth-order valence-corrected chi connectivity index (χ4v) is 2.99. The first-order valence-corrected chi connectivity index (χ1v) is 8.50. The minimum absolute atomic E-state index is 0.127. The summed E-state index contributed by atoms with van der Waals surface area (Å²) in [6, 6.07) is 5.50. The smallest absolute Gasteiger partial charge is 0.234 e. The summed E-state index contributed by atoms with van der Waals surface area (Å²) in [7, 11) is 0. The molecule has 0 saturated heterocycles. The molecule has 1 amide bonds. The number of aromatic amines is 1. The van der Waals surface area contributed by atoms with Crippen molar-refractivity contribution in [1.29, 1.82) is 0 Å². The molecular formula is C14H10FIN4O2S. The predicted molar refractivity (Wildman–Crippen MR) is 94.0 cm³/mol. The quantitative estimate of drug-likeness (QED) is 0.327. The van der Waals surface area contributed by atoms with Gasteiger partial charge in [-0.1, -0.05) is 11.8 Å². The molecule has 0 fully saturated rings. The second-order valence-corrected chi connectivity index (χ2v) is 6.64. The molecule has 0 aliphatic carbocycles. The molecule has 23 heavy (non-hydrogen) atoms. The molecule has 0 aliphatic rings. The van der Waals surface area contributed by atoms with E-state index in [0.29, 0.717) is 10.8 Å². The van der Waals surface area contributed by atoms with Gasteiger partial charge in [-0.2, -0.15) is 0 Å². The van der Waals surface area contributed by atoms with Gasteiger partial charge in [0.05, 0.1) is 17.5 Å². The van der Waals surface area contributed by atoms with Crippen molar-refractivity contribution in [2.45, 2.75) is 5.16 Å². The van der Waals surface area contributed by atoms with Gasteiger partial charge in [-0.3, -0.25) is 4.79 Å². The van der Waals surface area contributed by atoms with E-state index in [4.69, 9.17) is 0 Å². The van der Waals surface area contributed by atoms with E-state index in [9.17, 15) is 14.3 Å². The van der Waals surface area contributed by atoms with Crippen LogP contribution in [0.2, 0.25) is 0 Å². The molecule has 0 unspecified atom stereocenters. The molecule has 0 radical (unpaired) electrons. The zero-order valence-corrected chi connectivity index (χ0v) is 14.5. The number of nitrogens with zero attached hydrogens (tertiary/aromatic N) is 2. The molecule has 0 aliphatic heterocycles. The Balaban J connectivity index is 1.62. The average molecular weight is 444 g/mol. The van der Waals surface area contributed by atoms with Crippen LogP contribution in [0.25, 0.3) is 11.0 Å². The van der Waals surface area contributed by atoms with Gasteiger partial charge < -0.3 is 15.4 Å². The van der Waals surface area contributed by atoms with Gasteiger partial charge in [-0.15, -0.1) is 0 Å². The fourth-order valence-electron chi connectivity index (χ4n) is 1.85. The summed E-state index contributed by atoms with van der Waals surface area (Å²) in [5, 5.41) is 12.5. The van der Waals surface area contributed by atoms with Crippen LogP contribution in [0, 0.1) is 9.52 Å². The molecule has 0 spiro atoms. The van der Waals surface area contributed by atoms with E-state index in [1.54, 1.807) is 6.20 Å². The van der Waals surface area contributed by atoms with Crippen molar-refractivity contribution in [2.24, 2.45) is 0 Å². The number of carbonyl (C=O) groups is 1. The molecule has 3 N–H and O–H groups in total. The van der Waals surface area contributed by atoms with Crippen LogP contribution in [0.15, 0.2) is 35.6 Å². The van der Waals surface area contributed by atoms with Crippen molar-refractivity contribution in [3.05, 3.63) is 40.0 Å². The second-order valence-electron chi connectivity index (χ2n) is 4.57. The minimum atomic E-state index is -0.733. The molecule has 6 nitrogen and oxygen atoms in total. The molecule has 0 atom stereocenters. The number of carbonyl (C=O) groups excluding carboxylic acids is 1. The first kappa shape index (κ1) is 16.0. The summed E-state index contributed by atoms with van der Waals surface area (Å²) in [4.78, 5) is 23.5. The first-order chi connectivity index (χ1) is 11.0. The number of H-pyrrole nitrogens is 1. The Bertz CT molecular complexity index is 886. The molecule has 1 aromatic carbocycles. The van der Waals surface area contributed by atoms with Gasteiger partial charge in [0, 0.05) is 11.8 Å². The van der Waals surface area contributed by atoms with Gasteiger partial charge in [0.1, 0.15) is 9.22 Å². The Kier molecular flexibility index (Phi) is 4.66. The van der Waals surface area contributed by atoms with Crippen molar-refractivity contribution in [1.82, 2.24) is 15.0 Å². The van der Waals surface area contributed by atoms with Crippen LogP contribution in [-0.4, -0.2) is 31.7 Å². The number of hydrogen-bond acceptors (Lipinski definition) is 5. The number of imidazole rings is 1. The number of amides is 1. The van der Waals surface area contributed by atoms with Crippen LogP contribution < -0.4 is 5.32 Å². The summed E-state index contributed by atoms with van der Waals surface area (Å²) >= 11 is 3.35. The number of aromatic nitrogens is 3. The van der Waals surface area contributed by atoms with Crippen molar-refractivity contribution >= 4 is 57.0 Å². The second kappa shape index (κ2) is 6.71. The van der Waals surface area contributed by atoms with Gasteiger partial charge in [0.2, 0.25) is 5.91 Å². The molecule has 0 bridgehead atoms. The van der Waals surface area contributed by atoms with E-state index in [1.165, 1.54) is 17.8 Å². The van der Waals surface area contributed by atoms with Gasteiger partial charge in [-0.05, 0) is 40.8 Å². The monoisotopic (exact) mass is 444 g/mol. The summed E-state index contributed by atoms with van der Waals surface area (Å²) < 4.78 is 13.8. The highest BCUT2D eigenvalue weighted by Gasteiger charge is 2.09. The van der Waals surface area contributed by atoms with Crippen LogP contribution in [0.4, 0.5) is 10.1 Å². The van der Waals surface area contributed by atoms with E-state index in [0.717, 1.165) is 26.9 Å². The van der Waals surface area contributed by atoms with Crippen molar-refractivity contribution in [3.63, 3.8) is 0 Å². The van der Waals surface area contributed by atoms with E-state index in [1.807, 2.05) is 6.07 Å². The number of aromatic hydroxyl groups is 1. The molecule has 2 heterocycles. The van der Waals surface area contributed by atoms with Gasteiger partial charge in [0.25, 0.3) is 0 Å². The number of rotatable bonds is 4. The predicted octanol–water partition coefficient (Wildman–Crippen LogP) is 3.14. The molecule has 0 saturated carbocycles. The third-order valence-corrected chi connectivity index (χ3v) is 4.35. The van der Waals surface area contributed by atoms with Crippen LogP contribution in [0.1, 0.15) is 0 Å². The van der Waals surface area contributed by atoms with Crippen molar-refractivity contribution < 1.29 is 14.3 Å². The fraction of sp³-hybridized carbons (Fsp3) is 0.0714. The summed E-state index contributed by atoms with van der Waals surface area (Å²) in [5.41, 5.74) is 1.92. The number of anilines is 1. The number of benzene rings is 1. The Morgan fingerprint density at radius 2 is 2.26 bits per heavy atom. The lowest BCUT2D eigenvalue weighted by atomic mass is 10.3. The highest BCUT2D eigenvalue weighted by molar-refractivity contribution is 14.1. The van der Waals surface area contributed by atoms with Crippen LogP contribution >= 0.6 is 34.4 Å². The molecule has 2 aromatic heterocycles. The maximum absolute atomic E-state index is 13.0. The number of hydrogen-bond donors (Lipinski definition) is 3. The molecule has 9 heteroatoms. The van der Waals surface area contributed by atoms with E-state index < -0.39 is 11.6 Å². The zero-order chi connectivity index (χ0) is 16.4. The lowest BCUT2D eigenvalue weighted by molar-refractivity contribution is -0.113. The summed E-state index contributed by atoms with van der Waals surface area (Å²) in [6.07, 6.45) is 1.67. The molecule has 3 rings (SSSR count). The normalized spacial score (nSPS) is 10.9. The highest BCUT2D eigenvalue weighted by Crippen LogP contribution is 2.22. The third kappa shape index (κ3) is 3.91. The number of phenolic OH excluding ortho intramolecular Hbond substituents is 1. The molecular weight excluding hydrogens is 434 g/mol. The minimum Gasteiger partial charge on any atom is -0.505 e. The number of fused-ring (bicyclic) bond motifs is 1. The number of phenols is 1.